The lowest BCUT2D eigenvalue weighted by atomic mass is 10.2. The summed E-state index contributed by atoms with van der Waals surface area (Å²) in [5, 5.41) is 8.61. The van der Waals surface area contributed by atoms with Crippen molar-refractivity contribution in [2.45, 2.75) is 12.8 Å². The molecule has 0 saturated carbocycles. The van der Waals surface area contributed by atoms with Crippen molar-refractivity contribution in [1.29, 1.82) is 0 Å². The van der Waals surface area contributed by atoms with Gasteiger partial charge in [0.1, 0.15) is 3.70 Å². The summed E-state index contributed by atoms with van der Waals surface area (Å²) in [5.74, 6) is 0. The minimum atomic E-state index is -4.41. The molecule has 1 rings (SSSR count). The van der Waals surface area contributed by atoms with Crippen molar-refractivity contribution < 1.29 is 18.3 Å². The molecule has 1 N–H and O–H groups in total. The molecule has 1 aromatic rings. The van der Waals surface area contributed by atoms with Gasteiger partial charge in [0.15, 0.2) is 0 Å². The van der Waals surface area contributed by atoms with Crippen molar-refractivity contribution in [3.8, 4) is 0 Å². The van der Waals surface area contributed by atoms with E-state index in [0.717, 1.165) is 6.07 Å². The van der Waals surface area contributed by atoms with Crippen LogP contribution >= 0.6 is 22.6 Å². The predicted octanol–water partition coefficient (Wildman–Crippen LogP) is 2.20. The van der Waals surface area contributed by atoms with Crippen molar-refractivity contribution >= 4 is 22.6 Å². The van der Waals surface area contributed by atoms with Crippen LogP contribution in [0.25, 0.3) is 0 Å². The van der Waals surface area contributed by atoms with E-state index < -0.39 is 18.3 Å². The van der Waals surface area contributed by atoms with Crippen molar-refractivity contribution in [3.63, 3.8) is 0 Å². The van der Waals surface area contributed by atoms with E-state index in [1.165, 1.54) is 28.8 Å². The van der Waals surface area contributed by atoms with Crippen LogP contribution in [0.5, 0.6) is 0 Å². The van der Waals surface area contributed by atoms with E-state index in [-0.39, 0.29) is 9.26 Å². The molecule has 0 fully saturated rings. The molecule has 0 aliphatic heterocycles. The molecule has 13 heavy (non-hydrogen) atoms. The molecule has 0 aromatic carbocycles. The van der Waals surface area contributed by atoms with Gasteiger partial charge in [0, 0.05) is 6.20 Å². The molecule has 0 bridgehead atoms. The number of hydrogen-bond acceptors (Lipinski definition) is 2. The monoisotopic (exact) mass is 303 g/mol. The van der Waals surface area contributed by atoms with Gasteiger partial charge >= 0.3 is 6.18 Å². The summed E-state index contributed by atoms with van der Waals surface area (Å²) in [7, 11) is 0. The number of nitrogens with zero attached hydrogens (tertiary/aromatic N) is 1. The van der Waals surface area contributed by atoms with Crippen LogP contribution in [0.1, 0.15) is 11.1 Å². The number of halogens is 4. The van der Waals surface area contributed by atoms with Gasteiger partial charge in [-0.3, -0.25) is 0 Å². The first-order chi connectivity index (χ1) is 5.95. The lowest BCUT2D eigenvalue weighted by Gasteiger charge is -2.08. The predicted molar refractivity (Wildman–Crippen MR) is 47.9 cm³/mol. The first-order valence-electron chi connectivity index (χ1n) is 3.27. The zero-order valence-electron chi connectivity index (χ0n) is 6.27. The van der Waals surface area contributed by atoms with Crippen molar-refractivity contribution in [2.75, 3.05) is 0 Å². The Hall–Kier alpha value is -0.370. The number of aliphatic hydroxyl groups excluding tert-OH is 1. The Balaban J connectivity index is 3.19. The highest BCUT2D eigenvalue weighted by Crippen LogP contribution is 2.32. The first kappa shape index (κ1) is 10.7. The minimum absolute atomic E-state index is 0.109. The number of aliphatic hydroxyl groups is 1. The maximum atomic E-state index is 12.2. The SMILES string of the molecule is OCc1cnc(I)c(C(F)(F)F)c1. The second-order valence-electron chi connectivity index (χ2n) is 2.34. The summed E-state index contributed by atoms with van der Waals surface area (Å²) in [4.78, 5) is 3.52. The third kappa shape index (κ3) is 2.53. The number of hydrogen-bond donors (Lipinski definition) is 1. The highest BCUT2D eigenvalue weighted by atomic mass is 127. The molecular weight excluding hydrogens is 298 g/mol. The van der Waals surface area contributed by atoms with Crippen LogP contribution in [0.2, 0.25) is 0 Å². The summed E-state index contributed by atoms with van der Waals surface area (Å²) in [6.45, 7) is -0.438. The summed E-state index contributed by atoms with van der Waals surface area (Å²) in [5.41, 5.74) is -0.646. The zero-order valence-corrected chi connectivity index (χ0v) is 8.43. The van der Waals surface area contributed by atoms with E-state index in [1.807, 2.05) is 0 Å². The Morgan fingerprint density at radius 3 is 2.54 bits per heavy atom. The molecule has 2 nitrogen and oxygen atoms in total. The average Bonchev–Trinajstić information content (AvgIpc) is 2.03. The summed E-state index contributed by atoms with van der Waals surface area (Å²) >= 11 is 1.51. The van der Waals surface area contributed by atoms with E-state index in [9.17, 15) is 13.2 Å². The fourth-order valence-electron chi connectivity index (χ4n) is 0.777. The minimum Gasteiger partial charge on any atom is -0.392 e. The van der Waals surface area contributed by atoms with E-state index >= 15 is 0 Å². The third-order valence-electron chi connectivity index (χ3n) is 1.38. The Morgan fingerprint density at radius 2 is 2.08 bits per heavy atom. The molecular formula is C7H5F3INO. The molecule has 6 heteroatoms. The maximum Gasteiger partial charge on any atom is 0.418 e. The molecule has 1 aromatic heterocycles. The lowest BCUT2D eigenvalue weighted by molar-refractivity contribution is -0.138. The maximum absolute atomic E-state index is 12.2. The molecule has 0 aliphatic carbocycles. The van der Waals surface area contributed by atoms with Crippen LogP contribution in [0.3, 0.4) is 0 Å². The van der Waals surface area contributed by atoms with Gasteiger partial charge in [0.2, 0.25) is 0 Å². The van der Waals surface area contributed by atoms with Crippen LogP contribution < -0.4 is 0 Å². The lowest BCUT2D eigenvalue weighted by Crippen LogP contribution is -2.09. The van der Waals surface area contributed by atoms with E-state index in [0.29, 0.717) is 0 Å². The van der Waals surface area contributed by atoms with Crippen LogP contribution in [-0.2, 0) is 12.8 Å². The van der Waals surface area contributed by atoms with E-state index in [4.69, 9.17) is 5.11 Å². The topological polar surface area (TPSA) is 33.1 Å². The molecule has 0 saturated heterocycles. The Labute approximate surface area is 85.9 Å². The van der Waals surface area contributed by atoms with Crippen LogP contribution in [0.15, 0.2) is 12.3 Å². The summed E-state index contributed by atoms with van der Waals surface area (Å²) in [6.07, 6.45) is -3.19. The molecule has 72 valence electrons. The van der Waals surface area contributed by atoms with E-state index in [1.54, 1.807) is 0 Å². The van der Waals surface area contributed by atoms with Crippen LogP contribution in [0.4, 0.5) is 13.2 Å². The van der Waals surface area contributed by atoms with Crippen LogP contribution in [0, 0.1) is 3.70 Å². The first-order valence-corrected chi connectivity index (χ1v) is 4.35. The fraction of sp³-hybridized carbons (Fsp3) is 0.286. The van der Waals surface area contributed by atoms with Gasteiger partial charge in [-0.25, -0.2) is 4.98 Å². The fourth-order valence-corrected chi connectivity index (χ4v) is 1.38. The van der Waals surface area contributed by atoms with Crippen molar-refractivity contribution in [1.82, 2.24) is 4.98 Å². The third-order valence-corrected chi connectivity index (χ3v) is 2.24. The number of rotatable bonds is 1. The Kier molecular flexibility index (Phi) is 3.12. The van der Waals surface area contributed by atoms with Crippen molar-refractivity contribution in [2.24, 2.45) is 0 Å². The average molecular weight is 303 g/mol. The molecule has 0 amide bonds. The second-order valence-corrected chi connectivity index (χ2v) is 3.36. The van der Waals surface area contributed by atoms with Crippen molar-refractivity contribution in [3.05, 3.63) is 27.1 Å². The van der Waals surface area contributed by atoms with Gasteiger partial charge in [-0.2, -0.15) is 13.2 Å². The van der Waals surface area contributed by atoms with Crippen LogP contribution in [-0.4, -0.2) is 10.1 Å². The molecule has 0 aliphatic rings. The second kappa shape index (κ2) is 3.79. The van der Waals surface area contributed by atoms with Gasteiger partial charge in [-0.05, 0) is 34.2 Å². The molecule has 0 unspecified atom stereocenters. The summed E-state index contributed by atoms with van der Waals surface area (Å²) in [6, 6.07) is 0.898. The normalized spacial score (nSPS) is 11.8. The number of aromatic nitrogens is 1. The molecule has 1 heterocycles. The highest BCUT2D eigenvalue weighted by molar-refractivity contribution is 14.1. The smallest absolute Gasteiger partial charge is 0.392 e. The Morgan fingerprint density at radius 1 is 1.46 bits per heavy atom. The van der Waals surface area contributed by atoms with Gasteiger partial charge < -0.3 is 5.11 Å². The van der Waals surface area contributed by atoms with Gasteiger partial charge in [-0.1, -0.05) is 0 Å². The van der Waals surface area contributed by atoms with E-state index in [2.05, 4.69) is 4.98 Å². The van der Waals surface area contributed by atoms with Gasteiger partial charge in [-0.15, -0.1) is 0 Å². The molecule has 0 atom stereocenters. The van der Waals surface area contributed by atoms with Gasteiger partial charge in [0.05, 0.1) is 12.2 Å². The highest BCUT2D eigenvalue weighted by Gasteiger charge is 2.33. The quantitative estimate of drug-likeness (QED) is 0.637. The zero-order chi connectivity index (χ0) is 10.1. The number of pyridine rings is 1. The largest absolute Gasteiger partial charge is 0.418 e. The molecule has 0 spiro atoms. The van der Waals surface area contributed by atoms with Gasteiger partial charge in [0.25, 0.3) is 0 Å². The summed E-state index contributed by atoms with van der Waals surface area (Å²) < 4.78 is 36.6. The Bertz CT molecular complexity index is 313. The molecule has 0 radical (unpaired) electrons. The number of alkyl halides is 3. The standard InChI is InChI=1S/C7H5F3INO/c8-7(9,10)5-1-4(3-13)2-12-6(5)11/h1-2,13H,3H2.